The highest BCUT2D eigenvalue weighted by Crippen LogP contribution is 2.06. The Hall–Kier alpha value is -1.69. The molecule has 0 aliphatic carbocycles. The number of hydrogen-bond acceptors (Lipinski definition) is 5. The van der Waals surface area contributed by atoms with Crippen molar-refractivity contribution in [2.75, 3.05) is 5.32 Å². The van der Waals surface area contributed by atoms with Crippen molar-refractivity contribution >= 4 is 17.5 Å². The van der Waals surface area contributed by atoms with Gasteiger partial charge < -0.3 is 9.88 Å². The quantitative estimate of drug-likeness (QED) is 0.871. The van der Waals surface area contributed by atoms with Crippen LogP contribution in [0.1, 0.15) is 12.7 Å². The summed E-state index contributed by atoms with van der Waals surface area (Å²) in [5, 5.41) is 11.4. The van der Waals surface area contributed by atoms with E-state index in [9.17, 15) is 0 Å². The fourth-order valence-electron chi connectivity index (χ4n) is 1.24. The molecule has 2 aromatic heterocycles. The number of rotatable bonds is 4. The van der Waals surface area contributed by atoms with Crippen molar-refractivity contribution in [2.24, 2.45) is 0 Å². The van der Waals surface area contributed by atoms with Crippen LogP contribution in [0.2, 0.25) is 5.02 Å². The van der Waals surface area contributed by atoms with E-state index in [1.165, 1.54) is 0 Å². The topological polar surface area (TPSA) is 68.5 Å². The fraction of sp³-hybridized carbons (Fsp3) is 0.333. The number of nitrogens with zero attached hydrogens (tertiary/aromatic N) is 5. The second-order valence-electron chi connectivity index (χ2n) is 3.11. The van der Waals surface area contributed by atoms with Crippen LogP contribution in [-0.4, -0.2) is 24.7 Å². The van der Waals surface area contributed by atoms with E-state index < -0.39 is 0 Å². The number of aromatic nitrogens is 5. The maximum Gasteiger partial charge on any atom is 0.223 e. The summed E-state index contributed by atoms with van der Waals surface area (Å²) in [5.41, 5.74) is 0. The fourth-order valence-corrected chi connectivity index (χ4v) is 1.34. The number of hydrogen-bond donors (Lipinski definition) is 1. The summed E-state index contributed by atoms with van der Waals surface area (Å²) in [6, 6.07) is 0. The van der Waals surface area contributed by atoms with E-state index >= 15 is 0 Å². The Morgan fingerprint density at radius 3 is 2.81 bits per heavy atom. The third-order valence-electron chi connectivity index (χ3n) is 2.06. The highest BCUT2D eigenvalue weighted by Gasteiger charge is 2.02. The first kappa shape index (κ1) is 10.8. The molecule has 2 heterocycles. The van der Waals surface area contributed by atoms with Gasteiger partial charge in [-0.05, 0) is 6.92 Å². The molecule has 0 saturated carbocycles. The molecular weight excluding hydrogens is 228 g/mol. The molecule has 0 atom stereocenters. The molecule has 0 aliphatic heterocycles. The van der Waals surface area contributed by atoms with Gasteiger partial charge in [0, 0.05) is 6.54 Å². The molecule has 0 amide bonds. The Morgan fingerprint density at radius 2 is 2.12 bits per heavy atom. The SMILES string of the molecule is CCn1cnnc1CNc1ncc(Cl)cn1. The highest BCUT2D eigenvalue weighted by molar-refractivity contribution is 6.30. The minimum absolute atomic E-state index is 0.516. The normalized spacial score (nSPS) is 10.4. The lowest BCUT2D eigenvalue weighted by Gasteiger charge is -2.04. The summed E-state index contributed by atoms with van der Waals surface area (Å²) in [7, 11) is 0. The van der Waals surface area contributed by atoms with Gasteiger partial charge in [-0.25, -0.2) is 9.97 Å². The van der Waals surface area contributed by atoms with Gasteiger partial charge in [0.05, 0.1) is 24.0 Å². The maximum atomic E-state index is 5.68. The molecule has 0 fully saturated rings. The van der Waals surface area contributed by atoms with Crippen molar-refractivity contribution in [2.45, 2.75) is 20.0 Å². The summed E-state index contributed by atoms with van der Waals surface area (Å²) in [6.45, 7) is 3.41. The predicted octanol–water partition coefficient (Wildman–Crippen LogP) is 1.35. The molecule has 1 N–H and O–H groups in total. The minimum atomic E-state index is 0.516. The highest BCUT2D eigenvalue weighted by atomic mass is 35.5. The van der Waals surface area contributed by atoms with Gasteiger partial charge in [0.1, 0.15) is 6.33 Å². The molecule has 16 heavy (non-hydrogen) atoms. The first-order valence-corrected chi connectivity index (χ1v) is 5.25. The van der Waals surface area contributed by atoms with Crippen LogP contribution in [0, 0.1) is 0 Å². The number of halogens is 1. The van der Waals surface area contributed by atoms with Crippen molar-refractivity contribution in [3.05, 3.63) is 29.6 Å². The van der Waals surface area contributed by atoms with Crippen molar-refractivity contribution < 1.29 is 0 Å². The van der Waals surface area contributed by atoms with E-state index in [1.807, 2.05) is 11.5 Å². The van der Waals surface area contributed by atoms with Crippen LogP contribution >= 0.6 is 11.6 Å². The Morgan fingerprint density at radius 1 is 1.38 bits per heavy atom. The Bertz CT molecular complexity index is 451. The molecule has 7 heteroatoms. The summed E-state index contributed by atoms with van der Waals surface area (Å²) in [6.07, 6.45) is 4.78. The lowest BCUT2D eigenvalue weighted by atomic mass is 10.5. The van der Waals surface area contributed by atoms with E-state index in [2.05, 4.69) is 25.5 Å². The maximum absolute atomic E-state index is 5.68. The molecule has 2 rings (SSSR count). The average molecular weight is 239 g/mol. The largest absolute Gasteiger partial charge is 0.347 e. The van der Waals surface area contributed by atoms with E-state index in [-0.39, 0.29) is 0 Å². The van der Waals surface area contributed by atoms with E-state index in [0.29, 0.717) is 17.5 Å². The summed E-state index contributed by atoms with van der Waals surface area (Å²) < 4.78 is 1.95. The number of aryl methyl sites for hydroxylation is 1. The molecule has 84 valence electrons. The summed E-state index contributed by atoms with van der Waals surface area (Å²) in [5.74, 6) is 1.37. The van der Waals surface area contributed by atoms with Gasteiger partial charge in [-0.2, -0.15) is 0 Å². The molecule has 0 bridgehead atoms. The Labute approximate surface area is 97.7 Å². The van der Waals surface area contributed by atoms with Gasteiger partial charge in [-0.15, -0.1) is 10.2 Å². The Kier molecular flexibility index (Phi) is 3.31. The first-order chi connectivity index (χ1) is 7.79. The molecule has 0 unspecified atom stereocenters. The van der Waals surface area contributed by atoms with Gasteiger partial charge in [0.25, 0.3) is 0 Å². The van der Waals surface area contributed by atoms with Gasteiger partial charge >= 0.3 is 0 Å². The zero-order valence-corrected chi connectivity index (χ0v) is 9.52. The van der Waals surface area contributed by atoms with Crippen LogP contribution in [0.5, 0.6) is 0 Å². The van der Waals surface area contributed by atoms with Crippen LogP contribution in [0.25, 0.3) is 0 Å². The zero-order chi connectivity index (χ0) is 11.4. The summed E-state index contributed by atoms with van der Waals surface area (Å²) >= 11 is 5.68. The Balaban J connectivity index is 1.99. The van der Waals surface area contributed by atoms with E-state index in [4.69, 9.17) is 11.6 Å². The van der Waals surface area contributed by atoms with Crippen LogP contribution in [0.3, 0.4) is 0 Å². The third-order valence-corrected chi connectivity index (χ3v) is 2.26. The molecule has 6 nitrogen and oxygen atoms in total. The number of anilines is 1. The molecular formula is C9H11ClN6. The zero-order valence-electron chi connectivity index (χ0n) is 8.76. The minimum Gasteiger partial charge on any atom is -0.347 e. The van der Waals surface area contributed by atoms with Gasteiger partial charge in [-0.3, -0.25) is 0 Å². The van der Waals surface area contributed by atoms with Crippen molar-refractivity contribution in [1.29, 1.82) is 0 Å². The second kappa shape index (κ2) is 4.89. The predicted molar refractivity (Wildman–Crippen MR) is 60.1 cm³/mol. The molecule has 0 saturated heterocycles. The van der Waals surface area contributed by atoms with Crippen molar-refractivity contribution in [3.63, 3.8) is 0 Å². The van der Waals surface area contributed by atoms with Gasteiger partial charge in [-0.1, -0.05) is 11.6 Å². The van der Waals surface area contributed by atoms with Crippen molar-refractivity contribution in [3.8, 4) is 0 Å². The third kappa shape index (κ3) is 2.46. The molecule has 0 spiro atoms. The molecule has 0 aliphatic rings. The standard InChI is InChI=1S/C9H11ClN6/c1-2-16-6-14-15-8(16)5-13-9-11-3-7(10)4-12-9/h3-4,6H,2,5H2,1H3,(H,11,12,13). The lowest BCUT2D eigenvalue weighted by molar-refractivity contribution is 0.706. The van der Waals surface area contributed by atoms with E-state index in [1.54, 1.807) is 18.7 Å². The first-order valence-electron chi connectivity index (χ1n) is 4.87. The average Bonchev–Trinajstić information content (AvgIpc) is 2.76. The van der Waals surface area contributed by atoms with Crippen LogP contribution in [-0.2, 0) is 13.1 Å². The van der Waals surface area contributed by atoms with E-state index in [0.717, 1.165) is 12.4 Å². The van der Waals surface area contributed by atoms with Crippen LogP contribution in [0.15, 0.2) is 18.7 Å². The lowest BCUT2D eigenvalue weighted by Crippen LogP contribution is -2.09. The van der Waals surface area contributed by atoms with Gasteiger partial charge in [0.15, 0.2) is 5.82 Å². The molecule has 0 aromatic carbocycles. The monoisotopic (exact) mass is 238 g/mol. The van der Waals surface area contributed by atoms with Gasteiger partial charge in [0.2, 0.25) is 5.95 Å². The van der Waals surface area contributed by atoms with Crippen LogP contribution in [0.4, 0.5) is 5.95 Å². The number of nitrogens with one attached hydrogen (secondary N) is 1. The summed E-state index contributed by atoms with van der Waals surface area (Å²) in [4.78, 5) is 8.04. The van der Waals surface area contributed by atoms with Crippen molar-refractivity contribution in [1.82, 2.24) is 24.7 Å². The second-order valence-corrected chi connectivity index (χ2v) is 3.55. The van der Waals surface area contributed by atoms with Crippen LogP contribution < -0.4 is 5.32 Å². The smallest absolute Gasteiger partial charge is 0.223 e. The molecule has 0 radical (unpaired) electrons. The molecule has 2 aromatic rings.